The van der Waals surface area contributed by atoms with Crippen LogP contribution in [0.1, 0.15) is 18.4 Å². The zero-order valence-electron chi connectivity index (χ0n) is 8.24. The van der Waals surface area contributed by atoms with Crippen LogP contribution in [0.2, 0.25) is 0 Å². The molecule has 0 heterocycles. The van der Waals surface area contributed by atoms with Crippen LogP contribution in [-0.2, 0) is 9.53 Å². The first-order chi connectivity index (χ1) is 7.20. The topological polar surface area (TPSA) is 50.1 Å². The van der Waals surface area contributed by atoms with E-state index in [-0.39, 0.29) is 12.2 Å². The molecular weight excluding hydrogens is 197 g/mol. The van der Waals surface area contributed by atoms with Gasteiger partial charge in [0.15, 0.2) is 5.92 Å². The third kappa shape index (κ3) is 2.53. The number of ether oxygens (including phenoxy) is 1. The molecule has 15 heavy (non-hydrogen) atoms. The number of halogens is 1. The number of carbonyl (C=O) groups is 1. The molecule has 0 bridgehead atoms. The second-order valence-electron chi connectivity index (χ2n) is 2.84. The van der Waals surface area contributed by atoms with E-state index in [1.54, 1.807) is 19.1 Å². The van der Waals surface area contributed by atoms with Crippen molar-refractivity contribution in [3.05, 3.63) is 35.6 Å². The van der Waals surface area contributed by atoms with Gasteiger partial charge in [0.2, 0.25) is 0 Å². The van der Waals surface area contributed by atoms with E-state index in [4.69, 9.17) is 5.26 Å². The van der Waals surface area contributed by atoms with Gasteiger partial charge in [0.1, 0.15) is 5.82 Å². The highest BCUT2D eigenvalue weighted by molar-refractivity contribution is 5.81. The van der Waals surface area contributed by atoms with Crippen molar-refractivity contribution in [1.29, 1.82) is 5.26 Å². The lowest BCUT2D eigenvalue weighted by Crippen LogP contribution is -2.15. The predicted molar refractivity (Wildman–Crippen MR) is 51.4 cm³/mol. The molecule has 0 unspecified atom stereocenters. The number of hydrogen-bond donors (Lipinski definition) is 0. The molecule has 1 aromatic carbocycles. The average molecular weight is 207 g/mol. The van der Waals surface area contributed by atoms with Crippen LogP contribution in [0.4, 0.5) is 4.39 Å². The average Bonchev–Trinajstić information content (AvgIpc) is 2.22. The van der Waals surface area contributed by atoms with Gasteiger partial charge >= 0.3 is 5.97 Å². The summed E-state index contributed by atoms with van der Waals surface area (Å²) in [4.78, 5) is 11.3. The number of rotatable bonds is 3. The Balaban J connectivity index is 2.99. The minimum Gasteiger partial charge on any atom is -0.465 e. The first-order valence-electron chi connectivity index (χ1n) is 4.51. The fourth-order valence-corrected chi connectivity index (χ4v) is 1.18. The van der Waals surface area contributed by atoms with Crippen molar-refractivity contribution in [2.24, 2.45) is 0 Å². The predicted octanol–water partition coefficient (Wildman–Crippen LogP) is 2.00. The van der Waals surface area contributed by atoms with Crippen LogP contribution >= 0.6 is 0 Å². The summed E-state index contributed by atoms with van der Waals surface area (Å²) in [6.45, 7) is 1.80. The summed E-state index contributed by atoms with van der Waals surface area (Å²) in [5, 5.41) is 8.78. The van der Waals surface area contributed by atoms with Crippen LogP contribution in [0.15, 0.2) is 24.3 Å². The van der Waals surface area contributed by atoms with Gasteiger partial charge in [-0.2, -0.15) is 5.26 Å². The van der Waals surface area contributed by atoms with Crippen LogP contribution in [0, 0.1) is 17.1 Å². The van der Waals surface area contributed by atoms with Crippen LogP contribution < -0.4 is 0 Å². The third-order valence-electron chi connectivity index (χ3n) is 1.87. The van der Waals surface area contributed by atoms with Crippen LogP contribution in [0.3, 0.4) is 0 Å². The first-order valence-corrected chi connectivity index (χ1v) is 4.51. The minimum absolute atomic E-state index is 0.0541. The Morgan fingerprint density at radius 3 is 2.80 bits per heavy atom. The molecule has 0 aliphatic heterocycles. The number of esters is 1. The van der Waals surface area contributed by atoms with E-state index < -0.39 is 17.7 Å². The van der Waals surface area contributed by atoms with E-state index in [1.807, 2.05) is 0 Å². The molecule has 4 heteroatoms. The molecule has 0 aliphatic carbocycles. The molecule has 0 aliphatic rings. The number of nitriles is 1. The van der Waals surface area contributed by atoms with E-state index in [9.17, 15) is 9.18 Å². The van der Waals surface area contributed by atoms with Crippen molar-refractivity contribution in [2.45, 2.75) is 12.8 Å². The molecule has 0 fully saturated rings. The van der Waals surface area contributed by atoms with Crippen LogP contribution in [0.5, 0.6) is 0 Å². The van der Waals surface area contributed by atoms with Gasteiger partial charge in [0.05, 0.1) is 12.7 Å². The van der Waals surface area contributed by atoms with Crippen LogP contribution in [-0.4, -0.2) is 12.6 Å². The molecule has 0 amide bonds. The second kappa shape index (κ2) is 5.11. The summed E-state index contributed by atoms with van der Waals surface area (Å²) in [6.07, 6.45) is 0. The zero-order valence-corrected chi connectivity index (χ0v) is 8.24. The zero-order chi connectivity index (χ0) is 11.3. The molecule has 0 N–H and O–H groups in total. The highest BCUT2D eigenvalue weighted by Crippen LogP contribution is 2.19. The molecule has 0 saturated carbocycles. The maximum Gasteiger partial charge on any atom is 0.328 e. The summed E-state index contributed by atoms with van der Waals surface area (Å²) in [5.41, 5.74) is 0.0541. The van der Waals surface area contributed by atoms with Gasteiger partial charge in [-0.25, -0.2) is 4.39 Å². The molecule has 1 aromatic rings. The van der Waals surface area contributed by atoms with Crippen molar-refractivity contribution in [3.63, 3.8) is 0 Å². The lowest BCUT2D eigenvalue weighted by Gasteiger charge is -2.08. The Hall–Kier alpha value is -1.89. The van der Waals surface area contributed by atoms with Crippen LogP contribution in [0.25, 0.3) is 0 Å². The Morgan fingerprint density at radius 1 is 1.60 bits per heavy atom. The summed E-state index contributed by atoms with van der Waals surface area (Å²) in [7, 11) is 0. The Morgan fingerprint density at radius 2 is 2.27 bits per heavy atom. The first kappa shape index (κ1) is 11.2. The van der Waals surface area contributed by atoms with E-state index in [0.717, 1.165) is 0 Å². The number of nitrogens with zero attached hydrogens (tertiary/aromatic N) is 1. The third-order valence-corrected chi connectivity index (χ3v) is 1.87. The molecular formula is C11H10FNO2. The van der Waals surface area contributed by atoms with E-state index >= 15 is 0 Å². The molecule has 78 valence electrons. The number of benzene rings is 1. The van der Waals surface area contributed by atoms with Gasteiger partial charge < -0.3 is 4.74 Å². The monoisotopic (exact) mass is 207 g/mol. The lowest BCUT2D eigenvalue weighted by molar-refractivity contribution is -0.143. The van der Waals surface area contributed by atoms with E-state index in [0.29, 0.717) is 0 Å². The molecule has 0 aromatic heterocycles. The summed E-state index contributed by atoms with van der Waals surface area (Å²) >= 11 is 0. The largest absolute Gasteiger partial charge is 0.465 e. The SMILES string of the molecule is CCOC(=O)[C@H](C#N)c1ccccc1F. The smallest absolute Gasteiger partial charge is 0.328 e. The standard InChI is InChI=1S/C11H10FNO2/c1-2-15-11(14)9(7-13)8-5-3-4-6-10(8)12/h3-6,9H,2H2,1H3/t9-/m1/s1. The van der Waals surface area contributed by atoms with Gasteiger partial charge in [0, 0.05) is 5.56 Å². The highest BCUT2D eigenvalue weighted by Gasteiger charge is 2.24. The number of hydrogen-bond acceptors (Lipinski definition) is 3. The maximum absolute atomic E-state index is 13.3. The summed E-state index contributed by atoms with van der Waals surface area (Å²) in [6, 6.07) is 7.41. The fourth-order valence-electron chi connectivity index (χ4n) is 1.18. The van der Waals surface area contributed by atoms with Gasteiger partial charge in [0.25, 0.3) is 0 Å². The number of carbonyl (C=O) groups excluding carboxylic acids is 1. The Kier molecular flexibility index (Phi) is 3.81. The molecule has 3 nitrogen and oxygen atoms in total. The van der Waals surface area contributed by atoms with Crippen molar-refractivity contribution < 1.29 is 13.9 Å². The van der Waals surface area contributed by atoms with Crippen molar-refractivity contribution >= 4 is 5.97 Å². The van der Waals surface area contributed by atoms with Gasteiger partial charge in [-0.1, -0.05) is 18.2 Å². The summed E-state index contributed by atoms with van der Waals surface area (Å²) in [5.74, 6) is -2.48. The summed E-state index contributed by atoms with van der Waals surface area (Å²) < 4.78 is 17.9. The molecule has 1 rings (SSSR count). The maximum atomic E-state index is 13.3. The fraction of sp³-hybridized carbons (Fsp3) is 0.273. The molecule has 1 atom stereocenters. The van der Waals surface area contributed by atoms with E-state index in [1.165, 1.54) is 18.2 Å². The lowest BCUT2D eigenvalue weighted by atomic mass is 10.0. The highest BCUT2D eigenvalue weighted by atomic mass is 19.1. The minimum atomic E-state index is -1.19. The Labute approximate surface area is 87.1 Å². The van der Waals surface area contributed by atoms with Gasteiger partial charge in [-0.05, 0) is 13.0 Å². The van der Waals surface area contributed by atoms with Crippen molar-refractivity contribution in [1.82, 2.24) is 0 Å². The molecule has 0 saturated heterocycles. The normalized spacial score (nSPS) is 11.5. The van der Waals surface area contributed by atoms with Gasteiger partial charge in [-0.3, -0.25) is 4.79 Å². The quantitative estimate of drug-likeness (QED) is 0.712. The van der Waals surface area contributed by atoms with Crippen molar-refractivity contribution in [3.8, 4) is 6.07 Å². The Bertz CT molecular complexity index is 398. The second-order valence-corrected chi connectivity index (χ2v) is 2.84. The van der Waals surface area contributed by atoms with Gasteiger partial charge in [-0.15, -0.1) is 0 Å². The molecule has 0 spiro atoms. The van der Waals surface area contributed by atoms with E-state index in [2.05, 4.69) is 4.74 Å². The molecule has 0 radical (unpaired) electrons. The van der Waals surface area contributed by atoms with Crippen molar-refractivity contribution in [2.75, 3.05) is 6.61 Å².